The summed E-state index contributed by atoms with van der Waals surface area (Å²) in [6.07, 6.45) is 31.1. The van der Waals surface area contributed by atoms with Gasteiger partial charge in [0.15, 0.2) is 0 Å². The Morgan fingerprint density at radius 1 is 0.577 bits per heavy atom. The Kier molecular flexibility index (Phi) is 22.5. The maximum atomic E-state index is 10.5. The monoisotopic (exact) mass is 384 g/mol. The van der Waals surface area contributed by atoms with Gasteiger partial charge < -0.3 is 0 Å². The number of carbonyl (C=O) groups excluding carboxylic acids is 1. The lowest BCUT2D eigenvalue weighted by molar-refractivity contribution is -0.107. The second-order valence-electron chi connectivity index (χ2n) is 7.86. The second kappa shape index (κ2) is 22.7. The fourth-order valence-electron chi connectivity index (χ4n) is 3.52. The van der Waals surface area contributed by atoms with Crippen LogP contribution in [0.2, 0.25) is 0 Å². The lowest BCUT2D eigenvalue weighted by atomic mass is 10.0. The predicted octanol–water partition coefficient (Wildman–Crippen LogP) is 9.13. The van der Waals surface area contributed by atoms with E-state index in [1.54, 1.807) is 0 Å². The molecule has 0 unspecified atom stereocenters. The molecule has 0 amide bonds. The predicted molar refractivity (Wildman–Crippen MR) is 118 cm³/mol. The van der Waals surface area contributed by atoms with Gasteiger partial charge in [0, 0.05) is 0 Å². The van der Waals surface area contributed by atoms with Gasteiger partial charge in [-0.3, -0.25) is 4.79 Å². The van der Waals surface area contributed by atoms with Crippen LogP contribution in [-0.2, 0) is 4.79 Å². The standard InChI is InChI=1S/C24H45ClO/c1-2-3-4-5-6-7-8-9-10-11-12-13-14-15-16-17-18-19-20-21-22-23-24(25)26/h22-23H,2-21H2,1H3. The molecule has 0 aromatic heterocycles. The van der Waals surface area contributed by atoms with E-state index in [4.69, 9.17) is 11.6 Å². The van der Waals surface area contributed by atoms with Gasteiger partial charge in [0.1, 0.15) is 0 Å². The third-order valence-electron chi connectivity index (χ3n) is 5.22. The minimum absolute atomic E-state index is 0.359. The van der Waals surface area contributed by atoms with Gasteiger partial charge in [-0.2, -0.15) is 0 Å². The van der Waals surface area contributed by atoms with Crippen molar-refractivity contribution in [3.63, 3.8) is 0 Å². The number of halogens is 1. The van der Waals surface area contributed by atoms with Crippen LogP contribution in [0.3, 0.4) is 0 Å². The lowest BCUT2D eigenvalue weighted by Gasteiger charge is -2.03. The lowest BCUT2D eigenvalue weighted by Crippen LogP contribution is -1.84. The number of hydrogen-bond acceptors (Lipinski definition) is 1. The van der Waals surface area contributed by atoms with Crippen LogP contribution >= 0.6 is 11.6 Å². The van der Waals surface area contributed by atoms with Gasteiger partial charge in [0.25, 0.3) is 0 Å². The molecule has 0 atom stereocenters. The van der Waals surface area contributed by atoms with E-state index in [2.05, 4.69) is 6.92 Å². The zero-order valence-corrected chi connectivity index (χ0v) is 18.3. The first kappa shape index (κ1) is 25.7. The van der Waals surface area contributed by atoms with Gasteiger partial charge in [-0.25, -0.2) is 0 Å². The first-order valence-corrected chi connectivity index (χ1v) is 12.0. The molecule has 154 valence electrons. The quantitative estimate of drug-likeness (QED) is 0.109. The van der Waals surface area contributed by atoms with Crippen molar-refractivity contribution in [1.29, 1.82) is 0 Å². The Hall–Kier alpha value is -0.300. The van der Waals surface area contributed by atoms with Crippen molar-refractivity contribution in [3.05, 3.63) is 12.2 Å². The molecule has 0 bridgehead atoms. The summed E-state index contributed by atoms with van der Waals surface area (Å²) in [7, 11) is 0. The number of unbranched alkanes of at least 4 members (excludes halogenated alkanes) is 19. The van der Waals surface area contributed by atoms with Crippen LogP contribution in [0.1, 0.15) is 135 Å². The highest BCUT2D eigenvalue weighted by Gasteiger charge is 1.95. The van der Waals surface area contributed by atoms with Crippen LogP contribution in [-0.4, -0.2) is 5.24 Å². The van der Waals surface area contributed by atoms with Crippen molar-refractivity contribution >= 4 is 16.8 Å². The number of hydrogen-bond donors (Lipinski definition) is 0. The summed E-state index contributed by atoms with van der Waals surface area (Å²) in [6.45, 7) is 2.29. The van der Waals surface area contributed by atoms with E-state index in [1.165, 1.54) is 128 Å². The summed E-state index contributed by atoms with van der Waals surface area (Å²) in [5.41, 5.74) is 0. The van der Waals surface area contributed by atoms with Crippen molar-refractivity contribution in [3.8, 4) is 0 Å². The Balaban J connectivity index is 3.02. The summed E-state index contributed by atoms with van der Waals surface area (Å²) in [4.78, 5) is 10.5. The van der Waals surface area contributed by atoms with Gasteiger partial charge in [0.2, 0.25) is 5.24 Å². The number of carbonyl (C=O) groups is 1. The van der Waals surface area contributed by atoms with Gasteiger partial charge >= 0.3 is 0 Å². The largest absolute Gasteiger partial charge is 0.276 e. The zero-order valence-electron chi connectivity index (χ0n) is 17.6. The van der Waals surface area contributed by atoms with E-state index in [0.29, 0.717) is 0 Å². The van der Waals surface area contributed by atoms with Crippen LogP contribution in [0.5, 0.6) is 0 Å². The van der Waals surface area contributed by atoms with E-state index < -0.39 is 0 Å². The van der Waals surface area contributed by atoms with Crippen LogP contribution in [0.15, 0.2) is 12.2 Å². The first-order chi connectivity index (χ1) is 12.8. The molecule has 0 rings (SSSR count). The van der Waals surface area contributed by atoms with Gasteiger partial charge in [-0.05, 0) is 30.5 Å². The molecule has 0 N–H and O–H groups in total. The second-order valence-corrected chi connectivity index (χ2v) is 8.23. The highest BCUT2D eigenvalue weighted by Crippen LogP contribution is 2.14. The van der Waals surface area contributed by atoms with Crippen molar-refractivity contribution < 1.29 is 4.79 Å². The van der Waals surface area contributed by atoms with Crippen LogP contribution in [0.4, 0.5) is 0 Å². The minimum atomic E-state index is -0.359. The van der Waals surface area contributed by atoms with E-state index in [-0.39, 0.29) is 5.24 Å². The summed E-state index contributed by atoms with van der Waals surface area (Å²) in [5, 5.41) is -0.359. The Labute approximate surface area is 169 Å². The molecule has 0 radical (unpaired) electrons. The molecular formula is C24H45ClO. The van der Waals surface area contributed by atoms with Crippen molar-refractivity contribution in [2.24, 2.45) is 0 Å². The van der Waals surface area contributed by atoms with Crippen LogP contribution < -0.4 is 0 Å². The van der Waals surface area contributed by atoms with Crippen LogP contribution in [0, 0.1) is 0 Å². The van der Waals surface area contributed by atoms with E-state index >= 15 is 0 Å². The normalized spacial score (nSPS) is 11.5. The van der Waals surface area contributed by atoms with Gasteiger partial charge in [0.05, 0.1) is 0 Å². The van der Waals surface area contributed by atoms with Crippen LogP contribution in [0.25, 0.3) is 0 Å². The molecule has 0 spiro atoms. The molecule has 0 aliphatic carbocycles. The van der Waals surface area contributed by atoms with Crippen molar-refractivity contribution in [2.45, 2.75) is 135 Å². The highest BCUT2D eigenvalue weighted by molar-refractivity contribution is 6.66. The van der Waals surface area contributed by atoms with Gasteiger partial charge in [-0.1, -0.05) is 129 Å². The molecule has 0 fully saturated rings. The SMILES string of the molecule is CCCCCCCCCCCCCCCCCCCCCC=CC(=O)Cl. The van der Waals surface area contributed by atoms with Crippen molar-refractivity contribution in [2.75, 3.05) is 0 Å². The molecule has 0 heterocycles. The Morgan fingerprint density at radius 2 is 0.885 bits per heavy atom. The molecule has 26 heavy (non-hydrogen) atoms. The van der Waals surface area contributed by atoms with Gasteiger partial charge in [-0.15, -0.1) is 0 Å². The molecule has 2 heteroatoms. The minimum Gasteiger partial charge on any atom is -0.276 e. The first-order valence-electron chi connectivity index (χ1n) is 11.6. The molecule has 1 nitrogen and oxygen atoms in total. The average molecular weight is 385 g/mol. The summed E-state index contributed by atoms with van der Waals surface area (Å²) in [6, 6.07) is 0. The maximum absolute atomic E-state index is 10.5. The van der Waals surface area contributed by atoms with E-state index in [1.807, 2.05) is 6.08 Å². The molecule has 0 aromatic rings. The Bertz CT molecular complexity index is 311. The zero-order chi connectivity index (χ0) is 19.1. The fraction of sp³-hybridized carbons (Fsp3) is 0.875. The summed E-state index contributed by atoms with van der Waals surface area (Å²) < 4.78 is 0. The third-order valence-corrected chi connectivity index (χ3v) is 5.35. The fourth-order valence-corrected chi connectivity index (χ4v) is 3.61. The maximum Gasteiger partial charge on any atom is 0.244 e. The third kappa shape index (κ3) is 23.7. The average Bonchev–Trinajstić information content (AvgIpc) is 2.62. The summed E-state index contributed by atoms with van der Waals surface area (Å²) in [5.74, 6) is 0. The summed E-state index contributed by atoms with van der Waals surface area (Å²) >= 11 is 5.24. The van der Waals surface area contributed by atoms with Crippen molar-refractivity contribution in [1.82, 2.24) is 0 Å². The van der Waals surface area contributed by atoms with E-state index in [9.17, 15) is 4.79 Å². The molecule has 0 aromatic carbocycles. The topological polar surface area (TPSA) is 17.1 Å². The molecule has 0 aliphatic rings. The van der Waals surface area contributed by atoms with E-state index in [0.717, 1.165) is 6.42 Å². The number of allylic oxidation sites excluding steroid dienone is 2. The highest BCUT2D eigenvalue weighted by atomic mass is 35.5. The molecule has 0 saturated heterocycles. The number of rotatable bonds is 21. The molecular weight excluding hydrogens is 340 g/mol. The molecule has 0 aliphatic heterocycles. The molecule has 0 saturated carbocycles. The smallest absolute Gasteiger partial charge is 0.244 e. The Morgan fingerprint density at radius 3 is 1.19 bits per heavy atom.